The molecule has 5 nitrogen and oxygen atoms in total. The number of nitrogens with two attached hydrogens (primary N) is 1. The molecule has 0 saturated heterocycles. The summed E-state index contributed by atoms with van der Waals surface area (Å²) >= 11 is 0. The number of nitrogens with zero attached hydrogens (tertiary/aromatic N) is 1. The molecule has 0 fully saturated rings. The van der Waals surface area contributed by atoms with Crippen LogP contribution >= 0.6 is 0 Å². The molecule has 0 aliphatic rings. The molecule has 90 valence electrons. The highest BCUT2D eigenvalue weighted by atomic mass is 16.5. The average molecular weight is 218 g/mol. The molecule has 0 aromatic rings. The summed E-state index contributed by atoms with van der Waals surface area (Å²) in [4.78, 5) is 0. The number of hydrogen-bond acceptors (Lipinski definition) is 4. The lowest BCUT2D eigenvalue weighted by atomic mass is 10.3. The van der Waals surface area contributed by atoms with Crippen molar-refractivity contribution in [3.05, 3.63) is 0 Å². The zero-order chi connectivity index (χ0) is 11.4. The molecule has 0 heterocycles. The minimum Gasteiger partial charge on any atom is -0.409 e. The van der Waals surface area contributed by atoms with Crippen LogP contribution in [0.3, 0.4) is 0 Å². The van der Waals surface area contributed by atoms with Crippen molar-refractivity contribution >= 4 is 5.84 Å². The Balaban J connectivity index is 2.99. The van der Waals surface area contributed by atoms with E-state index in [1.807, 2.05) is 0 Å². The highest BCUT2D eigenvalue weighted by Crippen LogP contribution is 1.91. The van der Waals surface area contributed by atoms with Gasteiger partial charge in [0.25, 0.3) is 0 Å². The van der Waals surface area contributed by atoms with Gasteiger partial charge in [-0.1, -0.05) is 18.5 Å². The van der Waals surface area contributed by atoms with E-state index in [1.165, 1.54) is 0 Å². The maximum Gasteiger partial charge on any atom is 0.139 e. The Bertz CT molecular complexity index is 163. The number of ether oxygens (including phenoxy) is 2. The Morgan fingerprint density at radius 2 is 1.73 bits per heavy atom. The maximum absolute atomic E-state index is 8.26. The standard InChI is InChI=1S/C10H22N2O3/c1-2-3-6-14-8-9-15-7-4-5-10(11)12-13/h13H,2-9H2,1H3,(H2,11,12). The summed E-state index contributed by atoms with van der Waals surface area (Å²) in [7, 11) is 0. The van der Waals surface area contributed by atoms with E-state index in [2.05, 4.69) is 12.1 Å². The molecule has 0 rings (SSSR count). The first-order valence-electron chi connectivity index (χ1n) is 5.43. The van der Waals surface area contributed by atoms with Crippen molar-refractivity contribution in [2.45, 2.75) is 32.6 Å². The lowest BCUT2D eigenvalue weighted by Gasteiger charge is -2.04. The Labute approximate surface area is 91.2 Å². The minimum atomic E-state index is 0.248. The van der Waals surface area contributed by atoms with Crippen molar-refractivity contribution in [2.24, 2.45) is 10.9 Å². The SMILES string of the molecule is CCCCOCCOCCC/C(N)=N/O. The Kier molecular flexibility index (Phi) is 10.7. The van der Waals surface area contributed by atoms with Gasteiger partial charge in [0.1, 0.15) is 5.84 Å². The second-order valence-corrected chi connectivity index (χ2v) is 3.27. The molecule has 0 unspecified atom stereocenters. The number of amidine groups is 1. The molecule has 0 atom stereocenters. The van der Waals surface area contributed by atoms with E-state index in [0.717, 1.165) is 25.9 Å². The summed E-state index contributed by atoms with van der Waals surface area (Å²) in [6.45, 7) is 4.81. The van der Waals surface area contributed by atoms with Crippen LogP contribution in [0, 0.1) is 0 Å². The van der Waals surface area contributed by atoms with E-state index >= 15 is 0 Å². The Morgan fingerprint density at radius 3 is 2.27 bits per heavy atom. The Hall–Kier alpha value is -0.810. The minimum absolute atomic E-state index is 0.248. The second-order valence-electron chi connectivity index (χ2n) is 3.27. The largest absolute Gasteiger partial charge is 0.409 e. The van der Waals surface area contributed by atoms with Gasteiger partial charge in [-0.2, -0.15) is 0 Å². The maximum atomic E-state index is 8.26. The van der Waals surface area contributed by atoms with Gasteiger partial charge in [0, 0.05) is 19.6 Å². The van der Waals surface area contributed by atoms with Crippen molar-refractivity contribution in [2.75, 3.05) is 26.4 Å². The van der Waals surface area contributed by atoms with E-state index in [4.69, 9.17) is 20.4 Å². The monoisotopic (exact) mass is 218 g/mol. The predicted octanol–water partition coefficient (Wildman–Crippen LogP) is 1.35. The molecule has 0 aliphatic heterocycles. The van der Waals surface area contributed by atoms with E-state index in [-0.39, 0.29) is 5.84 Å². The molecule has 0 radical (unpaired) electrons. The summed E-state index contributed by atoms with van der Waals surface area (Å²) in [5.74, 6) is 0.248. The third kappa shape index (κ3) is 11.1. The van der Waals surface area contributed by atoms with Crippen molar-refractivity contribution < 1.29 is 14.7 Å². The van der Waals surface area contributed by atoms with E-state index < -0.39 is 0 Å². The Morgan fingerprint density at radius 1 is 1.13 bits per heavy atom. The molecule has 0 saturated carbocycles. The van der Waals surface area contributed by atoms with E-state index in [0.29, 0.717) is 26.2 Å². The first kappa shape index (κ1) is 14.2. The summed E-state index contributed by atoms with van der Waals surface area (Å²) in [6, 6.07) is 0. The van der Waals surface area contributed by atoms with Crippen LogP contribution in [0.5, 0.6) is 0 Å². The summed E-state index contributed by atoms with van der Waals surface area (Å²) in [6.07, 6.45) is 3.59. The van der Waals surface area contributed by atoms with Gasteiger partial charge in [0.2, 0.25) is 0 Å². The predicted molar refractivity (Wildman–Crippen MR) is 59.2 cm³/mol. The normalized spacial score (nSPS) is 11.9. The fourth-order valence-electron chi connectivity index (χ4n) is 0.974. The molecule has 0 spiro atoms. The molecule has 15 heavy (non-hydrogen) atoms. The molecule has 0 amide bonds. The summed E-state index contributed by atoms with van der Waals surface area (Å²) in [5.41, 5.74) is 5.29. The lowest BCUT2D eigenvalue weighted by molar-refractivity contribution is 0.0463. The smallest absolute Gasteiger partial charge is 0.139 e. The molecular formula is C10H22N2O3. The van der Waals surface area contributed by atoms with Crippen LogP contribution < -0.4 is 5.73 Å². The summed E-state index contributed by atoms with van der Waals surface area (Å²) < 4.78 is 10.6. The third-order valence-electron chi connectivity index (χ3n) is 1.86. The first-order valence-corrected chi connectivity index (χ1v) is 5.43. The van der Waals surface area contributed by atoms with Crippen molar-refractivity contribution in [1.29, 1.82) is 0 Å². The molecule has 0 aliphatic carbocycles. The molecule has 3 N–H and O–H groups in total. The number of oxime groups is 1. The quantitative estimate of drug-likeness (QED) is 0.191. The molecular weight excluding hydrogens is 196 g/mol. The van der Waals surface area contributed by atoms with Gasteiger partial charge in [-0.05, 0) is 12.8 Å². The fraction of sp³-hybridized carbons (Fsp3) is 0.900. The van der Waals surface area contributed by atoms with Crippen molar-refractivity contribution in [1.82, 2.24) is 0 Å². The van der Waals surface area contributed by atoms with Crippen LogP contribution in [-0.4, -0.2) is 37.5 Å². The van der Waals surface area contributed by atoms with Crippen LogP contribution in [-0.2, 0) is 9.47 Å². The fourth-order valence-corrected chi connectivity index (χ4v) is 0.974. The van der Waals surface area contributed by atoms with E-state index in [9.17, 15) is 0 Å². The zero-order valence-corrected chi connectivity index (χ0v) is 9.45. The van der Waals surface area contributed by atoms with Crippen LogP contribution in [0.15, 0.2) is 5.16 Å². The number of unbranched alkanes of at least 4 members (excludes halogenated alkanes) is 1. The molecule has 0 aromatic heterocycles. The van der Waals surface area contributed by atoms with Gasteiger partial charge >= 0.3 is 0 Å². The van der Waals surface area contributed by atoms with Crippen LogP contribution in [0.4, 0.5) is 0 Å². The van der Waals surface area contributed by atoms with Gasteiger partial charge in [0.15, 0.2) is 0 Å². The van der Waals surface area contributed by atoms with Gasteiger partial charge < -0.3 is 20.4 Å². The van der Waals surface area contributed by atoms with Gasteiger partial charge in [-0.3, -0.25) is 0 Å². The molecule has 0 aromatic carbocycles. The third-order valence-corrected chi connectivity index (χ3v) is 1.86. The van der Waals surface area contributed by atoms with Crippen LogP contribution in [0.2, 0.25) is 0 Å². The summed E-state index contributed by atoms with van der Waals surface area (Å²) in [5, 5.41) is 11.1. The molecule has 5 heteroatoms. The highest BCUT2D eigenvalue weighted by Gasteiger charge is 1.94. The second kappa shape index (κ2) is 11.3. The molecule has 0 bridgehead atoms. The van der Waals surface area contributed by atoms with Crippen LogP contribution in [0.25, 0.3) is 0 Å². The lowest BCUT2D eigenvalue weighted by Crippen LogP contribution is -2.13. The van der Waals surface area contributed by atoms with Gasteiger partial charge in [-0.15, -0.1) is 0 Å². The average Bonchev–Trinajstić information content (AvgIpc) is 2.26. The number of hydrogen-bond donors (Lipinski definition) is 2. The zero-order valence-electron chi connectivity index (χ0n) is 9.45. The highest BCUT2D eigenvalue weighted by molar-refractivity contribution is 5.79. The van der Waals surface area contributed by atoms with Gasteiger partial charge in [-0.25, -0.2) is 0 Å². The van der Waals surface area contributed by atoms with Gasteiger partial charge in [0.05, 0.1) is 13.2 Å². The van der Waals surface area contributed by atoms with Crippen molar-refractivity contribution in [3.63, 3.8) is 0 Å². The first-order chi connectivity index (χ1) is 7.31. The van der Waals surface area contributed by atoms with Crippen molar-refractivity contribution in [3.8, 4) is 0 Å². The topological polar surface area (TPSA) is 77.1 Å². The van der Waals surface area contributed by atoms with Crippen LogP contribution in [0.1, 0.15) is 32.6 Å². The number of rotatable bonds is 10. The van der Waals surface area contributed by atoms with E-state index in [1.54, 1.807) is 0 Å².